The van der Waals surface area contributed by atoms with Gasteiger partial charge < -0.3 is 14.8 Å². The number of hydrogen-bond donors (Lipinski definition) is 1. The normalized spacial score (nSPS) is 12.0. The van der Waals surface area contributed by atoms with Crippen molar-refractivity contribution in [3.05, 3.63) is 53.0 Å². The number of benzene rings is 1. The molecule has 1 aromatic carbocycles. The third-order valence-corrected chi connectivity index (χ3v) is 4.28. The molecule has 3 rings (SSSR count). The molecular weight excluding hydrogens is 332 g/mol. The molecule has 0 saturated heterocycles. The van der Waals surface area contributed by atoms with E-state index in [2.05, 4.69) is 15.4 Å². The van der Waals surface area contributed by atoms with E-state index in [9.17, 15) is 4.79 Å². The number of carbonyl (C=O) groups excluding carboxylic acids is 1. The van der Waals surface area contributed by atoms with Crippen LogP contribution in [0.1, 0.15) is 40.3 Å². The van der Waals surface area contributed by atoms with Crippen molar-refractivity contribution in [2.24, 2.45) is 0 Å². The molecule has 0 bridgehead atoms. The number of nitrogens with one attached hydrogen (secondary N) is 1. The second kappa shape index (κ2) is 7.03. The number of aryl methyl sites for hydroxylation is 2. The van der Waals surface area contributed by atoms with Gasteiger partial charge in [-0.05, 0) is 44.5 Å². The van der Waals surface area contributed by atoms with E-state index in [1.54, 1.807) is 24.9 Å². The topological polar surface area (TPSA) is 77.8 Å². The van der Waals surface area contributed by atoms with Gasteiger partial charge in [-0.2, -0.15) is 5.10 Å². The average molecular weight is 354 g/mol. The number of rotatable bonds is 5. The fourth-order valence-electron chi connectivity index (χ4n) is 2.91. The van der Waals surface area contributed by atoms with Crippen molar-refractivity contribution in [1.82, 2.24) is 19.9 Å². The quantitative estimate of drug-likeness (QED) is 0.762. The minimum Gasteiger partial charge on any atom is -0.493 e. The molecule has 2 heterocycles. The van der Waals surface area contributed by atoms with Crippen LogP contribution in [0.4, 0.5) is 0 Å². The smallest absolute Gasteiger partial charge is 0.257 e. The summed E-state index contributed by atoms with van der Waals surface area (Å²) >= 11 is 0. The Morgan fingerprint density at radius 2 is 1.88 bits per heavy atom. The molecule has 1 N–H and O–H groups in total. The molecule has 3 aromatic rings. The highest BCUT2D eigenvalue weighted by atomic mass is 16.5. The average Bonchev–Trinajstić information content (AvgIpc) is 3.05. The van der Waals surface area contributed by atoms with Crippen molar-refractivity contribution >= 4 is 11.6 Å². The van der Waals surface area contributed by atoms with E-state index in [4.69, 9.17) is 9.47 Å². The molecule has 0 spiro atoms. The van der Waals surface area contributed by atoms with E-state index in [0.29, 0.717) is 22.7 Å². The Bertz CT molecular complexity index is 965. The Labute approximate surface area is 152 Å². The summed E-state index contributed by atoms with van der Waals surface area (Å²) in [7, 11) is 3.17. The van der Waals surface area contributed by atoms with E-state index in [1.807, 2.05) is 45.0 Å². The number of ether oxygens (including phenoxy) is 2. The third-order valence-electron chi connectivity index (χ3n) is 4.28. The van der Waals surface area contributed by atoms with Crippen molar-refractivity contribution in [3.63, 3.8) is 0 Å². The Balaban J connectivity index is 1.86. The molecule has 0 aliphatic rings. The maximum absolute atomic E-state index is 12.7. The molecule has 2 aromatic heterocycles. The molecule has 0 radical (unpaired) electrons. The van der Waals surface area contributed by atoms with E-state index in [1.165, 1.54) is 0 Å². The standard InChI is InChI=1S/C19H22N4O3/c1-11-8-12(2)23-18(21-11)15(10-20-23)19(24)22-13(3)14-6-7-16(25-4)17(9-14)26-5/h6-10,13H,1-5H3,(H,22,24). The van der Waals surface area contributed by atoms with Crippen molar-refractivity contribution in [3.8, 4) is 11.5 Å². The maximum atomic E-state index is 12.7. The second-order valence-corrected chi connectivity index (χ2v) is 6.14. The molecule has 1 amide bonds. The summed E-state index contributed by atoms with van der Waals surface area (Å²) < 4.78 is 12.2. The van der Waals surface area contributed by atoms with Gasteiger partial charge in [0.25, 0.3) is 5.91 Å². The number of fused-ring (bicyclic) bond motifs is 1. The summed E-state index contributed by atoms with van der Waals surface area (Å²) in [6.07, 6.45) is 1.55. The SMILES string of the molecule is COc1ccc(C(C)NC(=O)c2cnn3c(C)cc(C)nc23)cc1OC. The lowest BCUT2D eigenvalue weighted by atomic mass is 10.1. The van der Waals surface area contributed by atoms with Crippen molar-refractivity contribution < 1.29 is 14.3 Å². The Morgan fingerprint density at radius 1 is 1.15 bits per heavy atom. The molecule has 26 heavy (non-hydrogen) atoms. The molecule has 1 atom stereocenters. The molecule has 0 aliphatic carbocycles. The van der Waals surface area contributed by atoms with Gasteiger partial charge in [0.15, 0.2) is 17.1 Å². The van der Waals surface area contributed by atoms with Gasteiger partial charge in [0.2, 0.25) is 0 Å². The molecule has 0 saturated carbocycles. The molecular formula is C19H22N4O3. The first kappa shape index (κ1) is 17.7. The summed E-state index contributed by atoms with van der Waals surface area (Å²) in [6.45, 7) is 5.74. The number of amides is 1. The van der Waals surface area contributed by atoms with Crippen LogP contribution >= 0.6 is 0 Å². The molecule has 136 valence electrons. The second-order valence-electron chi connectivity index (χ2n) is 6.14. The van der Waals surface area contributed by atoms with Gasteiger partial charge in [0.1, 0.15) is 5.56 Å². The van der Waals surface area contributed by atoms with E-state index < -0.39 is 0 Å². The lowest BCUT2D eigenvalue weighted by Gasteiger charge is -2.16. The Hall–Kier alpha value is -3.09. The number of aromatic nitrogens is 3. The number of carbonyl (C=O) groups is 1. The molecule has 0 aliphatic heterocycles. The van der Waals surface area contributed by atoms with Crippen molar-refractivity contribution in [2.75, 3.05) is 14.2 Å². The number of methoxy groups -OCH3 is 2. The highest BCUT2D eigenvalue weighted by molar-refractivity contribution is 5.99. The lowest BCUT2D eigenvalue weighted by Crippen LogP contribution is -2.26. The molecule has 0 fully saturated rings. The van der Waals surface area contributed by atoms with E-state index >= 15 is 0 Å². The first-order chi connectivity index (χ1) is 12.4. The van der Waals surface area contributed by atoms with Crippen LogP contribution in [0.3, 0.4) is 0 Å². The van der Waals surface area contributed by atoms with Crippen LogP contribution in [0, 0.1) is 13.8 Å². The zero-order chi connectivity index (χ0) is 18.8. The lowest BCUT2D eigenvalue weighted by molar-refractivity contribution is 0.0941. The fourth-order valence-corrected chi connectivity index (χ4v) is 2.91. The van der Waals surface area contributed by atoms with Crippen LogP contribution in [0.15, 0.2) is 30.5 Å². The monoisotopic (exact) mass is 354 g/mol. The van der Waals surface area contributed by atoms with Gasteiger partial charge in [-0.15, -0.1) is 0 Å². The van der Waals surface area contributed by atoms with E-state index in [-0.39, 0.29) is 11.9 Å². The molecule has 7 nitrogen and oxygen atoms in total. The van der Waals surface area contributed by atoms with Crippen LogP contribution in [0.5, 0.6) is 11.5 Å². The first-order valence-corrected chi connectivity index (χ1v) is 8.29. The van der Waals surface area contributed by atoms with Crippen molar-refractivity contribution in [1.29, 1.82) is 0 Å². The Kier molecular flexibility index (Phi) is 4.79. The summed E-state index contributed by atoms with van der Waals surface area (Å²) in [5, 5.41) is 7.26. The van der Waals surface area contributed by atoms with Gasteiger partial charge >= 0.3 is 0 Å². The highest BCUT2D eigenvalue weighted by Crippen LogP contribution is 2.30. The fraction of sp³-hybridized carbons (Fsp3) is 0.316. The summed E-state index contributed by atoms with van der Waals surface area (Å²) in [6, 6.07) is 7.28. The predicted octanol–water partition coefficient (Wildman–Crippen LogP) is 2.85. The van der Waals surface area contributed by atoms with Crippen LogP contribution in [-0.2, 0) is 0 Å². The minimum atomic E-state index is -0.222. The van der Waals surface area contributed by atoms with Gasteiger partial charge in [-0.1, -0.05) is 6.07 Å². The van der Waals surface area contributed by atoms with Crippen LogP contribution in [0.2, 0.25) is 0 Å². The van der Waals surface area contributed by atoms with Crippen LogP contribution in [-0.4, -0.2) is 34.7 Å². The summed E-state index contributed by atoms with van der Waals surface area (Å²) in [5.41, 5.74) is 3.69. The number of nitrogens with zero attached hydrogens (tertiary/aromatic N) is 3. The zero-order valence-corrected chi connectivity index (χ0v) is 15.5. The molecule has 1 unspecified atom stereocenters. The minimum absolute atomic E-state index is 0.219. The zero-order valence-electron chi connectivity index (χ0n) is 15.5. The third kappa shape index (κ3) is 3.20. The summed E-state index contributed by atoms with van der Waals surface area (Å²) in [5.74, 6) is 1.04. The Morgan fingerprint density at radius 3 is 2.58 bits per heavy atom. The first-order valence-electron chi connectivity index (χ1n) is 8.29. The van der Waals surface area contributed by atoms with Crippen LogP contribution < -0.4 is 14.8 Å². The summed E-state index contributed by atoms with van der Waals surface area (Å²) in [4.78, 5) is 17.2. The van der Waals surface area contributed by atoms with Crippen molar-refractivity contribution in [2.45, 2.75) is 26.8 Å². The largest absolute Gasteiger partial charge is 0.493 e. The van der Waals surface area contributed by atoms with E-state index in [0.717, 1.165) is 17.0 Å². The number of hydrogen-bond acceptors (Lipinski definition) is 5. The maximum Gasteiger partial charge on any atom is 0.257 e. The van der Waals surface area contributed by atoms with Gasteiger partial charge in [0, 0.05) is 11.4 Å². The van der Waals surface area contributed by atoms with Gasteiger partial charge in [-0.25, -0.2) is 9.50 Å². The highest BCUT2D eigenvalue weighted by Gasteiger charge is 2.18. The van der Waals surface area contributed by atoms with Gasteiger partial charge in [0.05, 0.1) is 26.5 Å². The predicted molar refractivity (Wildman–Crippen MR) is 97.9 cm³/mol. The van der Waals surface area contributed by atoms with Crippen LogP contribution in [0.25, 0.3) is 5.65 Å². The van der Waals surface area contributed by atoms with Gasteiger partial charge in [-0.3, -0.25) is 4.79 Å². The molecule has 7 heteroatoms.